The van der Waals surface area contributed by atoms with Gasteiger partial charge in [0.2, 0.25) is 0 Å². The predicted octanol–water partition coefficient (Wildman–Crippen LogP) is 3.89. The van der Waals surface area contributed by atoms with E-state index in [0.29, 0.717) is 22.0 Å². The highest BCUT2D eigenvalue weighted by molar-refractivity contribution is 9.10. The molecule has 0 unspecified atom stereocenters. The van der Waals surface area contributed by atoms with Crippen LogP contribution in [0, 0.1) is 0 Å². The molecule has 7 nitrogen and oxygen atoms in total. The number of hydrogen-bond donors (Lipinski definition) is 1. The lowest BCUT2D eigenvalue weighted by Gasteiger charge is -2.11. The highest BCUT2D eigenvalue weighted by Crippen LogP contribution is 2.37. The third-order valence-electron chi connectivity index (χ3n) is 3.94. The third-order valence-corrected chi connectivity index (χ3v) is 6.30. The maximum absolute atomic E-state index is 12.7. The van der Waals surface area contributed by atoms with E-state index in [2.05, 4.69) is 36.2 Å². The normalized spacial score (nSPS) is 14.4. The SMILES string of the molecule is O=S(=O)(Nc1cccc(-c2nnnn2C2CC2)c1)c1ccc(Br)cc1Cl. The molecule has 1 fully saturated rings. The molecule has 1 N–H and O–H groups in total. The highest BCUT2D eigenvalue weighted by atomic mass is 79.9. The Labute approximate surface area is 163 Å². The molecule has 134 valence electrons. The van der Waals surface area contributed by atoms with E-state index in [9.17, 15) is 8.42 Å². The summed E-state index contributed by atoms with van der Waals surface area (Å²) in [4.78, 5) is 0.00980. The van der Waals surface area contributed by atoms with Crippen molar-refractivity contribution in [3.05, 3.63) is 52.0 Å². The predicted molar refractivity (Wildman–Crippen MR) is 101 cm³/mol. The molecule has 2 aromatic carbocycles. The molecular weight excluding hydrogens is 442 g/mol. The van der Waals surface area contributed by atoms with Gasteiger partial charge in [-0.3, -0.25) is 4.72 Å². The fraction of sp³-hybridized carbons (Fsp3) is 0.188. The van der Waals surface area contributed by atoms with Gasteiger partial charge < -0.3 is 0 Å². The van der Waals surface area contributed by atoms with Crippen molar-refractivity contribution in [2.45, 2.75) is 23.8 Å². The van der Waals surface area contributed by atoms with Crippen LogP contribution in [0.3, 0.4) is 0 Å². The first-order valence-corrected chi connectivity index (χ1v) is 10.5. The molecule has 0 saturated heterocycles. The van der Waals surface area contributed by atoms with Crippen molar-refractivity contribution in [3.8, 4) is 11.4 Å². The van der Waals surface area contributed by atoms with Crippen LogP contribution in [0.15, 0.2) is 51.8 Å². The number of nitrogens with zero attached hydrogens (tertiary/aromatic N) is 4. The topological polar surface area (TPSA) is 89.8 Å². The van der Waals surface area contributed by atoms with Crippen LogP contribution < -0.4 is 4.72 Å². The average Bonchev–Trinajstić information content (AvgIpc) is 3.31. The summed E-state index contributed by atoms with van der Waals surface area (Å²) in [5.74, 6) is 0.621. The number of halogens is 2. The summed E-state index contributed by atoms with van der Waals surface area (Å²) in [5.41, 5.74) is 1.15. The molecule has 1 saturated carbocycles. The number of aromatic nitrogens is 4. The number of sulfonamides is 1. The Kier molecular flexibility index (Phi) is 4.45. The van der Waals surface area contributed by atoms with Gasteiger partial charge >= 0.3 is 0 Å². The Balaban J connectivity index is 1.65. The van der Waals surface area contributed by atoms with Crippen molar-refractivity contribution in [1.82, 2.24) is 20.2 Å². The molecule has 1 aliphatic rings. The van der Waals surface area contributed by atoms with Crippen LogP contribution in [0.4, 0.5) is 5.69 Å². The lowest BCUT2D eigenvalue weighted by molar-refractivity contribution is 0.601. The number of rotatable bonds is 5. The lowest BCUT2D eigenvalue weighted by atomic mass is 10.2. The van der Waals surface area contributed by atoms with Crippen LogP contribution in [0.5, 0.6) is 0 Å². The van der Waals surface area contributed by atoms with Gasteiger partial charge in [0.05, 0.1) is 11.1 Å². The molecular formula is C16H13BrClN5O2S. The summed E-state index contributed by atoms with van der Waals surface area (Å²) < 4.78 is 30.4. The molecule has 4 rings (SSSR count). The van der Waals surface area contributed by atoms with E-state index in [-0.39, 0.29) is 9.92 Å². The Hall–Kier alpha value is -1.97. The van der Waals surface area contributed by atoms with Gasteiger partial charge in [0.15, 0.2) is 5.82 Å². The summed E-state index contributed by atoms with van der Waals surface area (Å²) in [6.45, 7) is 0. The van der Waals surface area contributed by atoms with Crippen LogP contribution in [0.1, 0.15) is 18.9 Å². The summed E-state index contributed by atoms with van der Waals surface area (Å²) in [7, 11) is -3.82. The van der Waals surface area contributed by atoms with Crippen LogP contribution in [0.2, 0.25) is 5.02 Å². The van der Waals surface area contributed by atoms with Crippen molar-refractivity contribution in [2.75, 3.05) is 4.72 Å². The first kappa shape index (κ1) is 17.4. The number of hydrogen-bond acceptors (Lipinski definition) is 5. The summed E-state index contributed by atoms with van der Waals surface area (Å²) in [6, 6.07) is 11.9. The van der Waals surface area contributed by atoms with Gasteiger partial charge in [-0.1, -0.05) is 39.7 Å². The van der Waals surface area contributed by atoms with E-state index in [1.54, 1.807) is 28.9 Å². The smallest absolute Gasteiger partial charge is 0.263 e. The van der Waals surface area contributed by atoms with Crippen molar-refractivity contribution in [3.63, 3.8) is 0 Å². The Morgan fingerprint density at radius 3 is 2.73 bits per heavy atom. The maximum atomic E-state index is 12.7. The first-order chi connectivity index (χ1) is 12.4. The van der Waals surface area contributed by atoms with Crippen molar-refractivity contribution in [2.24, 2.45) is 0 Å². The molecule has 0 bridgehead atoms. The minimum absolute atomic E-state index is 0.00980. The van der Waals surface area contributed by atoms with E-state index in [1.807, 2.05) is 6.07 Å². The molecule has 1 heterocycles. The molecule has 3 aromatic rings. The van der Waals surface area contributed by atoms with E-state index in [1.165, 1.54) is 12.1 Å². The van der Waals surface area contributed by atoms with E-state index >= 15 is 0 Å². The largest absolute Gasteiger partial charge is 0.280 e. The molecule has 0 amide bonds. The van der Waals surface area contributed by atoms with Crippen molar-refractivity contribution >= 4 is 43.2 Å². The van der Waals surface area contributed by atoms with Gasteiger partial charge in [0.1, 0.15) is 4.90 Å². The second-order valence-corrected chi connectivity index (χ2v) is 8.91. The third kappa shape index (κ3) is 3.46. The number of nitrogens with one attached hydrogen (secondary N) is 1. The van der Waals surface area contributed by atoms with E-state index in [4.69, 9.17) is 11.6 Å². The molecule has 0 radical (unpaired) electrons. The molecule has 26 heavy (non-hydrogen) atoms. The lowest BCUT2D eigenvalue weighted by Crippen LogP contribution is -2.13. The van der Waals surface area contributed by atoms with E-state index in [0.717, 1.165) is 18.4 Å². The highest BCUT2D eigenvalue weighted by Gasteiger charge is 2.28. The van der Waals surface area contributed by atoms with Gasteiger partial charge in [-0.2, -0.15) is 0 Å². The Bertz CT molecular complexity index is 1080. The van der Waals surface area contributed by atoms with Gasteiger partial charge in [-0.05, 0) is 53.6 Å². The zero-order chi connectivity index (χ0) is 18.3. The Morgan fingerprint density at radius 1 is 1.19 bits per heavy atom. The first-order valence-electron chi connectivity index (χ1n) is 7.80. The van der Waals surface area contributed by atoms with Crippen LogP contribution in [-0.2, 0) is 10.0 Å². The molecule has 0 aliphatic heterocycles. The van der Waals surface area contributed by atoms with Crippen LogP contribution in [-0.4, -0.2) is 28.6 Å². The quantitative estimate of drug-likeness (QED) is 0.631. The van der Waals surface area contributed by atoms with Gasteiger partial charge in [-0.25, -0.2) is 13.1 Å². The molecule has 1 aliphatic carbocycles. The minimum Gasteiger partial charge on any atom is -0.280 e. The zero-order valence-corrected chi connectivity index (χ0v) is 16.5. The molecule has 0 spiro atoms. The number of benzene rings is 2. The van der Waals surface area contributed by atoms with Gasteiger partial charge in [0, 0.05) is 15.7 Å². The van der Waals surface area contributed by atoms with Gasteiger partial charge in [0.25, 0.3) is 10.0 Å². The molecule has 10 heteroatoms. The Morgan fingerprint density at radius 2 is 2.00 bits per heavy atom. The fourth-order valence-corrected chi connectivity index (χ4v) is 4.66. The summed E-state index contributed by atoms with van der Waals surface area (Å²) >= 11 is 9.34. The zero-order valence-electron chi connectivity index (χ0n) is 13.3. The second kappa shape index (κ2) is 6.64. The molecule has 1 aromatic heterocycles. The maximum Gasteiger partial charge on any atom is 0.263 e. The van der Waals surface area contributed by atoms with Crippen LogP contribution in [0.25, 0.3) is 11.4 Å². The average molecular weight is 455 g/mol. The van der Waals surface area contributed by atoms with Gasteiger partial charge in [-0.15, -0.1) is 5.10 Å². The number of tetrazole rings is 1. The minimum atomic E-state index is -3.82. The van der Waals surface area contributed by atoms with E-state index < -0.39 is 10.0 Å². The fourth-order valence-electron chi connectivity index (χ4n) is 2.57. The standard InChI is InChI=1S/C16H13BrClN5O2S/c17-11-4-7-15(14(18)9-11)26(24,25)20-12-3-1-2-10(8-12)16-19-21-22-23(16)13-5-6-13/h1-4,7-9,13,20H,5-6H2. The van der Waals surface area contributed by atoms with Crippen molar-refractivity contribution < 1.29 is 8.42 Å². The summed E-state index contributed by atoms with van der Waals surface area (Å²) in [6.07, 6.45) is 2.10. The second-order valence-electron chi connectivity index (χ2n) is 5.94. The molecule has 0 atom stereocenters. The summed E-state index contributed by atoms with van der Waals surface area (Å²) in [5, 5.41) is 12.0. The van der Waals surface area contributed by atoms with Crippen molar-refractivity contribution in [1.29, 1.82) is 0 Å². The van der Waals surface area contributed by atoms with Crippen LogP contribution >= 0.6 is 27.5 Å². The monoisotopic (exact) mass is 453 g/mol. The number of anilines is 1.